The van der Waals surface area contributed by atoms with E-state index in [1.54, 1.807) is 12.1 Å². The molecule has 0 saturated heterocycles. The van der Waals surface area contributed by atoms with E-state index in [0.29, 0.717) is 6.54 Å². The summed E-state index contributed by atoms with van der Waals surface area (Å²) in [7, 11) is -3.70. The minimum absolute atomic E-state index is 0.0630. The molecule has 29 heavy (non-hydrogen) atoms. The molecule has 4 N–H and O–H groups in total. The normalized spacial score (nSPS) is 14.4. The molecule has 0 aliphatic rings. The van der Waals surface area contributed by atoms with Crippen LogP contribution >= 0.6 is 0 Å². The lowest BCUT2D eigenvalue weighted by Gasteiger charge is -2.21. The first kappa shape index (κ1) is 23.3. The highest BCUT2D eigenvalue weighted by atomic mass is 32.2. The molecule has 7 heteroatoms. The van der Waals surface area contributed by atoms with Gasteiger partial charge in [-0.15, -0.1) is 0 Å². The average Bonchev–Trinajstić information content (AvgIpc) is 2.63. The highest BCUT2D eigenvalue weighted by Gasteiger charge is 2.16. The molecule has 0 fully saturated rings. The maximum atomic E-state index is 11.3. The lowest BCUT2D eigenvalue weighted by molar-refractivity contribution is 0.104. The Kier molecular flexibility index (Phi) is 7.45. The summed E-state index contributed by atoms with van der Waals surface area (Å²) in [4.78, 5) is 0.0785. The minimum Gasteiger partial charge on any atom is -0.491 e. The van der Waals surface area contributed by atoms with Crippen LogP contribution in [0.3, 0.4) is 0 Å². The Morgan fingerprint density at radius 2 is 1.76 bits per heavy atom. The number of aliphatic hydroxyl groups is 1. The number of aliphatic hydroxyl groups excluding tert-OH is 1. The largest absolute Gasteiger partial charge is 0.491 e. The van der Waals surface area contributed by atoms with E-state index in [9.17, 15) is 13.5 Å². The highest BCUT2D eigenvalue weighted by molar-refractivity contribution is 7.89. The summed E-state index contributed by atoms with van der Waals surface area (Å²) in [6.45, 7) is 11.0. The topological polar surface area (TPSA) is 102 Å². The Balaban J connectivity index is 1.86. The van der Waals surface area contributed by atoms with Crippen LogP contribution in [0.1, 0.15) is 50.4 Å². The molecular weight excluding hydrogens is 388 g/mol. The Morgan fingerprint density at radius 3 is 2.28 bits per heavy atom. The van der Waals surface area contributed by atoms with Crippen molar-refractivity contribution >= 4 is 10.0 Å². The summed E-state index contributed by atoms with van der Waals surface area (Å²) >= 11 is 0. The molecule has 0 aliphatic carbocycles. The second-order valence-electron chi connectivity index (χ2n) is 8.44. The molecule has 0 bridgehead atoms. The van der Waals surface area contributed by atoms with Gasteiger partial charge in [0.25, 0.3) is 0 Å². The maximum Gasteiger partial charge on any atom is 0.238 e. The number of ether oxygens (including phenoxy) is 1. The summed E-state index contributed by atoms with van der Waals surface area (Å²) in [5.41, 5.74) is 3.27. The SMILES string of the molecule is Cc1cc(C(C)(C)C)ccc1OC[C@H](O)CN[C@H](C)c1ccc(S(N)(=O)=O)cc1. The van der Waals surface area contributed by atoms with Gasteiger partial charge in [0.05, 0.1) is 4.90 Å². The number of aryl methyl sites for hydroxylation is 1. The Hall–Kier alpha value is -1.93. The minimum atomic E-state index is -3.70. The van der Waals surface area contributed by atoms with E-state index in [1.165, 1.54) is 17.7 Å². The molecule has 2 aromatic carbocycles. The lowest BCUT2D eigenvalue weighted by Crippen LogP contribution is -2.33. The zero-order valence-corrected chi connectivity index (χ0v) is 18.6. The predicted octanol–water partition coefficient (Wildman–Crippen LogP) is 3.03. The Labute approximate surface area is 174 Å². The van der Waals surface area contributed by atoms with Gasteiger partial charge in [0.1, 0.15) is 18.5 Å². The standard InChI is InChI=1S/C22H32N2O4S/c1-15-12-18(22(3,4)5)8-11-21(15)28-14-19(25)13-24-16(2)17-6-9-20(10-7-17)29(23,26)27/h6-12,16,19,24-25H,13-14H2,1-5H3,(H2,23,26,27)/t16-,19-/m1/s1. The van der Waals surface area contributed by atoms with Crippen LogP contribution in [0, 0.1) is 6.92 Å². The second kappa shape index (κ2) is 9.26. The van der Waals surface area contributed by atoms with Gasteiger partial charge >= 0.3 is 0 Å². The van der Waals surface area contributed by atoms with Crippen LogP contribution in [0.2, 0.25) is 0 Å². The number of sulfonamides is 1. The number of benzene rings is 2. The fraction of sp³-hybridized carbons (Fsp3) is 0.455. The van der Waals surface area contributed by atoms with Crippen molar-refractivity contribution in [2.24, 2.45) is 5.14 Å². The van der Waals surface area contributed by atoms with Crippen molar-refractivity contribution in [2.45, 2.75) is 57.1 Å². The molecule has 0 aliphatic heterocycles. The third-order valence-electron chi connectivity index (χ3n) is 4.84. The van der Waals surface area contributed by atoms with Crippen LogP contribution in [-0.2, 0) is 15.4 Å². The number of nitrogens with one attached hydrogen (secondary N) is 1. The van der Waals surface area contributed by atoms with E-state index in [1.807, 2.05) is 19.9 Å². The molecule has 160 valence electrons. The number of hydrogen-bond acceptors (Lipinski definition) is 5. The van der Waals surface area contributed by atoms with Gasteiger partial charge in [0, 0.05) is 12.6 Å². The zero-order chi connectivity index (χ0) is 21.8. The number of nitrogens with two attached hydrogens (primary N) is 1. The molecule has 2 aromatic rings. The summed E-state index contributed by atoms with van der Waals surface area (Å²) in [6.07, 6.45) is -0.678. The van der Waals surface area contributed by atoms with Crippen molar-refractivity contribution in [1.29, 1.82) is 0 Å². The molecule has 0 heterocycles. The number of hydrogen-bond donors (Lipinski definition) is 3. The van der Waals surface area contributed by atoms with Gasteiger partial charge in [-0.3, -0.25) is 0 Å². The number of rotatable bonds is 8. The monoisotopic (exact) mass is 420 g/mol. The van der Waals surface area contributed by atoms with Crippen LogP contribution in [0.4, 0.5) is 0 Å². The van der Waals surface area contributed by atoms with E-state index >= 15 is 0 Å². The van der Waals surface area contributed by atoms with Crippen molar-refractivity contribution < 1.29 is 18.3 Å². The third-order valence-corrected chi connectivity index (χ3v) is 5.77. The molecule has 6 nitrogen and oxygen atoms in total. The van der Waals surface area contributed by atoms with Gasteiger partial charge in [-0.05, 0) is 54.2 Å². The molecule has 2 rings (SSSR count). The molecule has 0 unspecified atom stereocenters. The van der Waals surface area contributed by atoms with Gasteiger partial charge in [-0.25, -0.2) is 13.6 Å². The van der Waals surface area contributed by atoms with E-state index in [-0.39, 0.29) is 23.0 Å². The van der Waals surface area contributed by atoms with Crippen molar-refractivity contribution in [3.8, 4) is 5.75 Å². The van der Waals surface area contributed by atoms with E-state index in [4.69, 9.17) is 9.88 Å². The fourth-order valence-corrected chi connectivity index (χ4v) is 3.42. The predicted molar refractivity (Wildman–Crippen MR) is 116 cm³/mol. The summed E-state index contributed by atoms with van der Waals surface area (Å²) in [5.74, 6) is 0.767. The van der Waals surface area contributed by atoms with E-state index in [0.717, 1.165) is 16.9 Å². The molecule has 2 atom stereocenters. The van der Waals surface area contributed by atoms with Gasteiger partial charge in [0.2, 0.25) is 10.0 Å². The lowest BCUT2D eigenvalue weighted by atomic mass is 9.86. The summed E-state index contributed by atoms with van der Waals surface area (Å²) < 4.78 is 28.4. The first-order valence-corrected chi connectivity index (χ1v) is 11.2. The highest BCUT2D eigenvalue weighted by Crippen LogP contribution is 2.27. The molecular formula is C22H32N2O4S. The summed E-state index contributed by atoms with van der Waals surface area (Å²) in [5, 5.41) is 18.6. The first-order valence-electron chi connectivity index (χ1n) is 9.66. The maximum absolute atomic E-state index is 11.3. The van der Waals surface area contributed by atoms with Crippen molar-refractivity contribution in [3.05, 3.63) is 59.2 Å². The van der Waals surface area contributed by atoms with Crippen molar-refractivity contribution in [1.82, 2.24) is 5.32 Å². The third kappa shape index (κ3) is 6.82. The van der Waals surface area contributed by atoms with Gasteiger partial charge < -0.3 is 15.2 Å². The van der Waals surface area contributed by atoms with Gasteiger partial charge in [-0.2, -0.15) is 0 Å². The molecule has 0 spiro atoms. The number of primary sulfonamides is 1. The summed E-state index contributed by atoms with van der Waals surface area (Å²) in [6, 6.07) is 12.4. The molecule has 0 aromatic heterocycles. The van der Waals surface area contributed by atoms with E-state index < -0.39 is 16.1 Å². The van der Waals surface area contributed by atoms with Crippen LogP contribution in [0.5, 0.6) is 5.75 Å². The molecule has 0 saturated carbocycles. The van der Waals surface area contributed by atoms with Gasteiger partial charge in [0.15, 0.2) is 0 Å². The van der Waals surface area contributed by atoms with Crippen LogP contribution in [-0.4, -0.2) is 32.8 Å². The molecule has 0 radical (unpaired) electrons. The average molecular weight is 421 g/mol. The smallest absolute Gasteiger partial charge is 0.238 e. The molecule has 0 amide bonds. The zero-order valence-electron chi connectivity index (χ0n) is 17.8. The Bertz CT molecular complexity index is 919. The quantitative estimate of drug-likeness (QED) is 0.609. The van der Waals surface area contributed by atoms with Crippen molar-refractivity contribution in [2.75, 3.05) is 13.2 Å². The van der Waals surface area contributed by atoms with Gasteiger partial charge in [-0.1, -0.05) is 45.0 Å². The second-order valence-corrected chi connectivity index (χ2v) is 10.0. The fourth-order valence-electron chi connectivity index (χ4n) is 2.90. The Morgan fingerprint density at radius 1 is 1.14 bits per heavy atom. The van der Waals surface area contributed by atoms with E-state index in [2.05, 4.69) is 38.2 Å². The van der Waals surface area contributed by atoms with Crippen molar-refractivity contribution in [3.63, 3.8) is 0 Å². The van der Waals surface area contributed by atoms with Crippen LogP contribution in [0.15, 0.2) is 47.4 Å². The van der Waals surface area contributed by atoms with Crippen LogP contribution in [0.25, 0.3) is 0 Å². The first-order chi connectivity index (χ1) is 13.4. The van der Waals surface area contributed by atoms with Crippen LogP contribution < -0.4 is 15.2 Å².